The quantitative estimate of drug-likeness (QED) is 0.486. The summed E-state index contributed by atoms with van der Waals surface area (Å²) in [6, 6.07) is 5.30. The zero-order chi connectivity index (χ0) is 21.5. The van der Waals surface area contributed by atoms with Gasteiger partial charge in [-0.1, -0.05) is 11.8 Å². The molecule has 7 nitrogen and oxygen atoms in total. The van der Waals surface area contributed by atoms with Gasteiger partial charge < -0.3 is 15.2 Å². The van der Waals surface area contributed by atoms with Gasteiger partial charge in [-0.2, -0.15) is 11.8 Å². The number of carbonyl (C=O) groups excluding carboxylic acids is 2. The van der Waals surface area contributed by atoms with Crippen LogP contribution in [0.2, 0.25) is 0 Å². The Morgan fingerprint density at radius 1 is 1.28 bits per heavy atom. The number of hydrogen-bond acceptors (Lipinski definition) is 7. The molecule has 2 rings (SSSR count). The lowest BCUT2D eigenvalue weighted by molar-refractivity contribution is -0.143. The van der Waals surface area contributed by atoms with Crippen LogP contribution in [0.1, 0.15) is 22.3 Å². The Morgan fingerprint density at radius 2 is 1.93 bits per heavy atom. The molecule has 1 amide bonds. The van der Waals surface area contributed by atoms with Crippen LogP contribution in [0.4, 0.5) is 0 Å². The van der Waals surface area contributed by atoms with Crippen molar-refractivity contribution >= 4 is 33.5 Å². The molecule has 154 valence electrons. The minimum absolute atomic E-state index is 0.0190. The lowest BCUT2D eigenvalue weighted by Crippen LogP contribution is -2.67. The highest BCUT2D eigenvalue weighted by atomic mass is 32.2. The second kappa shape index (κ2) is 9.84. The topological polar surface area (TPSA) is 110 Å². The van der Waals surface area contributed by atoms with Gasteiger partial charge in [0.25, 0.3) is 5.91 Å². The number of benzene rings is 1. The van der Waals surface area contributed by atoms with E-state index in [-0.39, 0.29) is 18.1 Å². The fourth-order valence-electron chi connectivity index (χ4n) is 2.81. The van der Waals surface area contributed by atoms with E-state index in [1.54, 1.807) is 30.5 Å². The number of thioether (sulfide) groups is 1. The van der Waals surface area contributed by atoms with E-state index in [0.717, 1.165) is 0 Å². The third-order valence-electron chi connectivity index (χ3n) is 4.32. The molecular weight excluding hydrogens is 414 g/mol. The molecule has 1 aromatic rings. The van der Waals surface area contributed by atoms with Crippen molar-refractivity contribution in [3.8, 4) is 23.7 Å². The number of ether oxygens (including phenoxy) is 1. The summed E-state index contributed by atoms with van der Waals surface area (Å²) in [6.07, 6.45) is 2.06. The number of aliphatic hydroxyl groups is 1. The van der Waals surface area contributed by atoms with E-state index in [0.29, 0.717) is 17.5 Å². The van der Waals surface area contributed by atoms with Crippen LogP contribution >= 0.6 is 11.8 Å². The van der Waals surface area contributed by atoms with E-state index in [1.807, 2.05) is 0 Å². The van der Waals surface area contributed by atoms with Crippen LogP contribution in [0.15, 0.2) is 24.3 Å². The first-order valence-electron chi connectivity index (χ1n) is 8.61. The second-order valence-corrected chi connectivity index (χ2v) is 9.62. The highest BCUT2D eigenvalue weighted by Crippen LogP contribution is 2.39. The number of amides is 1. The van der Waals surface area contributed by atoms with Crippen LogP contribution in [0.5, 0.6) is 0 Å². The molecule has 0 spiro atoms. The standard InChI is InChI=1S/C20H21NO6S2/c1-27-19(24)17(20(28-2)13-29(25,26)14-20)21-18(23)16-10-8-15(9-11-16)7-5-3-4-6-12-22/h8-11,17,22H,6,12-14H2,1-2H3,(H,21,23). The molecule has 1 unspecified atom stereocenters. The summed E-state index contributed by atoms with van der Waals surface area (Å²) in [7, 11) is -2.03. The molecule has 1 aliphatic rings. The van der Waals surface area contributed by atoms with Gasteiger partial charge in [0.15, 0.2) is 9.84 Å². The van der Waals surface area contributed by atoms with Crippen molar-refractivity contribution in [2.75, 3.05) is 31.5 Å². The van der Waals surface area contributed by atoms with Crippen molar-refractivity contribution in [1.82, 2.24) is 5.32 Å². The van der Waals surface area contributed by atoms with E-state index in [4.69, 9.17) is 9.84 Å². The highest BCUT2D eigenvalue weighted by molar-refractivity contribution is 8.04. The van der Waals surface area contributed by atoms with Gasteiger partial charge in [0.2, 0.25) is 0 Å². The molecule has 1 atom stereocenters. The number of methoxy groups -OCH3 is 1. The number of carbonyl (C=O) groups is 2. The molecule has 1 fully saturated rings. The predicted molar refractivity (Wildman–Crippen MR) is 111 cm³/mol. The van der Waals surface area contributed by atoms with Crippen LogP contribution in [0, 0.1) is 23.7 Å². The van der Waals surface area contributed by atoms with Gasteiger partial charge in [-0.3, -0.25) is 4.79 Å². The molecule has 0 saturated carbocycles. The zero-order valence-electron chi connectivity index (χ0n) is 16.0. The highest BCUT2D eigenvalue weighted by Gasteiger charge is 2.56. The van der Waals surface area contributed by atoms with Gasteiger partial charge in [0.1, 0.15) is 6.04 Å². The van der Waals surface area contributed by atoms with Gasteiger partial charge in [-0.05, 0) is 42.4 Å². The van der Waals surface area contributed by atoms with Gasteiger partial charge in [0, 0.05) is 17.5 Å². The fourth-order valence-corrected chi connectivity index (χ4v) is 6.96. The average Bonchev–Trinajstić information content (AvgIpc) is 2.69. The van der Waals surface area contributed by atoms with E-state index < -0.39 is 32.5 Å². The van der Waals surface area contributed by atoms with Crippen LogP contribution in [0.3, 0.4) is 0 Å². The Labute approximate surface area is 174 Å². The summed E-state index contributed by atoms with van der Waals surface area (Å²) in [5, 5.41) is 11.3. The van der Waals surface area contributed by atoms with Crippen LogP contribution < -0.4 is 5.32 Å². The SMILES string of the molecule is COC(=O)C(NC(=O)c1ccc(C#CC#CCCO)cc1)C1(SC)CS(=O)(=O)C1. The van der Waals surface area contributed by atoms with Gasteiger partial charge in [-0.25, -0.2) is 13.2 Å². The van der Waals surface area contributed by atoms with Gasteiger partial charge in [0.05, 0.1) is 30.0 Å². The maximum absolute atomic E-state index is 12.6. The van der Waals surface area contributed by atoms with Crippen LogP contribution in [0.25, 0.3) is 0 Å². The maximum atomic E-state index is 12.6. The first-order chi connectivity index (χ1) is 13.8. The lowest BCUT2D eigenvalue weighted by atomic mass is 10.0. The molecule has 0 aliphatic carbocycles. The summed E-state index contributed by atoms with van der Waals surface area (Å²) in [5.41, 5.74) is 0.948. The Morgan fingerprint density at radius 3 is 2.45 bits per heavy atom. The molecular formula is C20H21NO6S2. The Bertz CT molecular complexity index is 981. The summed E-state index contributed by atoms with van der Waals surface area (Å²) >= 11 is 1.23. The second-order valence-electron chi connectivity index (χ2n) is 6.33. The third kappa shape index (κ3) is 5.77. The zero-order valence-corrected chi connectivity index (χ0v) is 17.7. The normalized spacial score (nSPS) is 16.7. The smallest absolute Gasteiger partial charge is 0.329 e. The number of sulfone groups is 1. The molecule has 1 aliphatic heterocycles. The molecule has 0 radical (unpaired) electrons. The first-order valence-corrected chi connectivity index (χ1v) is 11.7. The van der Waals surface area contributed by atoms with Crippen molar-refractivity contribution in [3.05, 3.63) is 35.4 Å². The van der Waals surface area contributed by atoms with Crippen LogP contribution in [-0.4, -0.2) is 67.7 Å². The monoisotopic (exact) mass is 435 g/mol. The van der Waals surface area contributed by atoms with E-state index in [1.165, 1.54) is 18.9 Å². The van der Waals surface area contributed by atoms with E-state index >= 15 is 0 Å². The maximum Gasteiger partial charge on any atom is 0.329 e. The largest absolute Gasteiger partial charge is 0.467 e. The number of aliphatic hydroxyl groups excluding tert-OH is 1. The Kier molecular flexibility index (Phi) is 7.74. The molecule has 2 N–H and O–H groups in total. The Hall–Kier alpha value is -2.46. The van der Waals surface area contributed by atoms with Crippen molar-refractivity contribution in [3.63, 3.8) is 0 Å². The van der Waals surface area contributed by atoms with Crippen LogP contribution in [-0.2, 0) is 19.4 Å². The van der Waals surface area contributed by atoms with E-state index in [2.05, 4.69) is 29.0 Å². The molecule has 29 heavy (non-hydrogen) atoms. The molecule has 9 heteroatoms. The number of esters is 1. The van der Waals surface area contributed by atoms with Gasteiger partial charge >= 0.3 is 5.97 Å². The Balaban J connectivity index is 2.14. The number of nitrogens with one attached hydrogen (secondary N) is 1. The van der Waals surface area contributed by atoms with E-state index in [9.17, 15) is 18.0 Å². The summed E-state index contributed by atoms with van der Waals surface area (Å²) in [6.45, 7) is -0.0190. The fraction of sp³-hybridized carbons (Fsp3) is 0.400. The molecule has 0 aromatic heterocycles. The van der Waals surface area contributed by atoms with Crippen molar-refractivity contribution < 1.29 is 27.9 Å². The molecule has 1 saturated heterocycles. The van der Waals surface area contributed by atoms with Crippen molar-refractivity contribution in [2.24, 2.45) is 0 Å². The summed E-state index contributed by atoms with van der Waals surface area (Å²) < 4.78 is 27.2. The minimum Gasteiger partial charge on any atom is -0.467 e. The number of hydrogen-bond donors (Lipinski definition) is 2. The number of rotatable bonds is 6. The minimum atomic E-state index is -3.23. The lowest BCUT2D eigenvalue weighted by Gasteiger charge is -2.44. The molecule has 0 bridgehead atoms. The molecule has 1 aromatic carbocycles. The third-order valence-corrected chi connectivity index (χ3v) is 7.93. The first kappa shape index (κ1) is 22.8. The average molecular weight is 436 g/mol. The molecule has 1 heterocycles. The predicted octanol–water partition coefficient (Wildman–Crippen LogP) is 0.226. The summed E-state index contributed by atoms with van der Waals surface area (Å²) in [5.74, 6) is 9.15. The summed E-state index contributed by atoms with van der Waals surface area (Å²) in [4.78, 5) is 24.9. The van der Waals surface area contributed by atoms with Crippen molar-refractivity contribution in [1.29, 1.82) is 0 Å². The van der Waals surface area contributed by atoms with Crippen molar-refractivity contribution in [2.45, 2.75) is 17.2 Å². The van der Waals surface area contributed by atoms with Gasteiger partial charge in [-0.15, -0.1) is 0 Å².